The molecule has 1 N–H and O–H groups in total. The van der Waals surface area contributed by atoms with Gasteiger partial charge >= 0.3 is 0 Å². The molecule has 1 rings (SSSR count). The summed E-state index contributed by atoms with van der Waals surface area (Å²) in [5.74, 6) is 0. The molecular weight excluding hydrogens is 216 g/mol. The summed E-state index contributed by atoms with van der Waals surface area (Å²) in [4.78, 5) is 0. The number of rotatable bonds is 10. The molecule has 5 nitrogen and oxygen atoms in total. The van der Waals surface area contributed by atoms with Gasteiger partial charge in [-0.15, -0.1) is 5.10 Å². The minimum Gasteiger partial charge on any atom is -0.380 e. The Kier molecular flexibility index (Phi) is 7.58. The maximum Gasteiger partial charge on any atom is 0.0964 e. The molecule has 0 radical (unpaired) electrons. The first-order valence-corrected chi connectivity index (χ1v) is 6.54. The molecule has 17 heavy (non-hydrogen) atoms. The van der Waals surface area contributed by atoms with Gasteiger partial charge in [0.25, 0.3) is 0 Å². The number of nitrogens with one attached hydrogen (secondary N) is 1. The van der Waals surface area contributed by atoms with Crippen molar-refractivity contribution in [3.63, 3.8) is 0 Å². The molecular formula is C12H24N4O. The van der Waals surface area contributed by atoms with E-state index >= 15 is 0 Å². The first-order chi connectivity index (χ1) is 8.36. The summed E-state index contributed by atoms with van der Waals surface area (Å²) < 4.78 is 7.32. The summed E-state index contributed by atoms with van der Waals surface area (Å²) >= 11 is 0. The number of unbranched alkanes of at least 4 members (excludes halogenated alkanes) is 1. The quantitative estimate of drug-likeness (QED) is 0.631. The summed E-state index contributed by atoms with van der Waals surface area (Å²) in [6.45, 7) is 8.47. The third-order valence-corrected chi connectivity index (χ3v) is 2.43. The molecule has 0 bridgehead atoms. The molecule has 0 aromatic carbocycles. The van der Waals surface area contributed by atoms with E-state index in [0.29, 0.717) is 6.61 Å². The van der Waals surface area contributed by atoms with Crippen LogP contribution in [0.15, 0.2) is 6.20 Å². The van der Waals surface area contributed by atoms with E-state index in [9.17, 15) is 0 Å². The van der Waals surface area contributed by atoms with Crippen molar-refractivity contribution < 1.29 is 4.74 Å². The standard InChI is InChI=1S/C12H24N4O/c1-3-5-8-17-9-7-16-11-12(14-15-16)10-13-6-4-2/h11,13H,3-10H2,1-2H3. The Balaban J connectivity index is 2.12. The van der Waals surface area contributed by atoms with Gasteiger partial charge in [-0.2, -0.15) is 0 Å². The second-order valence-corrected chi connectivity index (χ2v) is 4.12. The summed E-state index contributed by atoms with van der Waals surface area (Å²) in [5, 5.41) is 11.5. The van der Waals surface area contributed by atoms with Gasteiger partial charge in [-0.25, -0.2) is 4.68 Å². The van der Waals surface area contributed by atoms with E-state index in [-0.39, 0.29) is 0 Å². The molecule has 0 saturated carbocycles. The predicted octanol–water partition coefficient (Wildman–Crippen LogP) is 1.59. The average Bonchev–Trinajstić information content (AvgIpc) is 2.77. The van der Waals surface area contributed by atoms with Crippen LogP contribution in [0.3, 0.4) is 0 Å². The lowest BCUT2D eigenvalue weighted by Crippen LogP contribution is -2.14. The Labute approximate surface area is 104 Å². The minimum atomic E-state index is 0.713. The highest BCUT2D eigenvalue weighted by Crippen LogP contribution is 1.94. The van der Waals surface area contributed by atoms with Crippen molar-refractivity contribution in [3.8, 4) is 0 Å². The highest BCUT2D eigenvalue weighted by atomic mass is 16.5. The maximum atomic E-state index is 5.48. The van der Waals surface area contributed by atoms with Crippen LogP contribution < -0.4 is 5.32 Å². The molecule has 1 heterocycles. The van der Waals surface area contributed by atoms with Crippen LogP contribution in [0, 0.1) is 0 Å². The van der Waals surface area contributed by atoms with Crippen molar-refractivity contribution in [1.82, 2.24) is 20.3 Å². The largest absolute Gasteiger partial charge is 0.380 e. The summed E-state index contributed by atoms with van der Waals surface area (Å²) in [5.41, 5.74) is 0.993. The molecule has 98 valence electrons. The monoisotopic (exact) mass is 240 g/mol. The number of hydrogen-bond acceptors (Lipinski definition) is 4. The molecule has 0 saturated heterocycles. The molecule has 0 aliphatic rings. The van der Waals surface area contributed by atoms with Gasteiger partial charge in [-0.1, -0.05) is 25.5 Å². The second-order valence-electron chi connectivity index (χ2n) is 4.12. The minimum absolute atomic E-state index is 0.713. The maximum absolute atomic E-state index is 5.48. The average molecular weight is 240 g/mol. The third kappa shape index (κ3) is 6.38. The summed E-state index contributed by atoms with van der Waals surface area (Å²) in [6.07, 6.45) is 5.42. The van der Waals surface area contributed by atoms with Crippen molar-refractivity contribution in [2.24, 2.45) is 0 Å². The lowest BCUT2D eigenvalue weighted by atomic mass is 10.4. The van der Waals surface area contributed by atoms with Gasteiger partial charge in [0, 0.05) is 19.3 Å². The lowest BCUT2D eigenvalue weighted by molar-refractivity contribution is 0.120. The van der Waals surface area contributed by atoms with Gasteiger partial charge in [-0.05, 0) is 19.4 Å². The van der Waals surface area contributed by atoms with Crippen LogP contribution in [0.4, 0.5) is 0 Å². The first kappa shape index (κ1) is 14.1. The molecule has 0 aliphatic heterocycles. The molecule has 1 aromatic heterocycles. The first-order valence-electron chi connectivity index (χ1n) is 6.54. The van der Waals surface area contributed by atoms with Gasteiger partial charge in [0.15, 0.2) is 0 Å². The van der Waals surface area contributed by atoms with Crippen LogP contribution in [-0.4, -0.2) is 34.8 Å². The zero-order valence-electron chi connectivity index (χ0n) is 11.0. The van der Waals surface area contributed by atoms with Crippen molar-refractivity contribution in [2.75, 3.05) is 19.8 Å². The number of ether oxygens (including phenoxy) is 1. The Morgan fingerprint density at radius 1 is 1.29 bits per heavy atom. The fraction of sp³-hybridized carbons (Fsp3) is 0.833. The molecule has 1 aromatic rings. The third-order valence-electron chi connectivity index (χ3n) is 2.43. The van der Waals surface area contributed by atoms with E-state index in [1.165, 1.54) is 6.42 Å². The highest BCUT2D eigenvalue weighted by molar-refractivity contribution is 4.91. The molecule has 0 spiro atoms. The van der Waals surface area contributed by atoms with Crippen LogP contribution in [-0.2, 0) is 17.8 Å². The number of nitrogens with zero attached hydrogens (tertiary/aromatic N) is 3. The lowest BCUT2D eigenvalue weighted by Gasteiger charge is -2.02. The van der Waals surface area contributed by atoms with E-state index in [0.717, 1.165) is 44.8 Å². The molecule has 0 aliphatic carbocycles. The van der Waals surface area contributed by atoms with E-state index < -0.39 is 0 Å². The molecule has 0 amide bonds. The Hall–Kier alpha value is -0.940. The van der Waals surface area contributed by atoms with Crippen LogP contribution >= 0.6 is 0 Å². The Morgan fingerprint density at radius 2 is 2.18 bits per heavy atom. The normalized spacial score (nSPS) is 10.9. The molecule has 5 heteroatoms. The molecule has 0 fully saturated rings. The van der Waals surface area contributed by atoms with Gasteiger partial charge in [0.05, 0.1) is 18.8 Å². The van der Waals surface area contributed by atoms with Crippen molar-refractivity contribution in [1.29, 1.82) is 0 Å². The number of aromatic nitrogens is 3. The fourth-order valence-corrected chi connectivity index (χ4v) is 1.43. The van der Waals surface area contributed by atoms with Crippen LogP contribution in [0.5, 0.6) is 0 Å². The van der Waals surface area contributed by atoms with E-state index in [1.807, 2.05) is 10.9 Å². The smallest absolute Gasteiger partial charge is 0.0964 e. The second kappa shape index (κ2) is 9.13. The summed E-state index contributed by atoms with van der Waals surface area (Å²) in [7, 11) is 0. The van der Waals surface area contributed by atoms with Gasteiger partial charge in [0.2, 0.25) is 0 Å². The zero-order chi connectivity index (χ0) is 12.3. The van der Waals surface area contributed by atoms with Crippen LogP contribution in [0.25, 0.3) is 0 Å². The van der Waals surface area contributed by atoms with E-state index in [4.69, 9.17) is 4.74 Å². The molecule has 0 unspecified atom stereocenters. The molecule has 0 atom stereocenters. The highest BCUT2D eigenvalue weighted by Gasteiger charge is 1.99. The van der Waals surface area contributed by atoms with Gasteiger partial charge in [-0.3, -0.25) is 0 Å². The topological polar surface area (TPSA) is 52.0 Å². The number of hydrogen-bond donors (Lipinski definition) is 1. The Bertz CT molecular complexity index is 288. The van der Waals surface area contributed by atoms with E-state index in [2.05, 4.69) is 29.5 Å². The predicted molar refractivity (Wildman–Crippen MR) is 67.7 cm³/mol. The van der Waals surface area contributed by atoms with Crippen molar-refractivity contribution >= 4 is 0 Å². The zero-order valence-corrected chi connectivity index (χ0v) is 11.0. The fourth-order valence-electron chi connectivity index (χ4n) is 1.43. The van der Waals surface area contributed by atoms with Crippen LogP contribution in [0.1, 0.15) is 38.8 Å². The van der Waals surface area contributed by atoms with E-state index in [1.54, 1.807) is 0 Å². The van der Waals surface area contributed by atoms with Gasteiger partial charge < -0.3 is 10.1 Å². The summed E-state index contributed by atoms with van der Waals surface area (Å²) in [6, 6.07) is 0. The Morgan fingerprint density at radius 3 is 2.94 bits per heavy atom. The SMILES string of the molecule is CCCCOCCn1cc(CNCCC)nn1. The van der Waals surface area contributed by atoms with Crippen molar-refractivity contribution in [2.45, 2.75) is 46.2 Å². The van der Waals surface area contributed by atoms with Crippen molar-refractivity contribution in [3.05, 3.63) is 11.9 Å². The van der Waals surface area contributed by atoms with Crippen LogP contribution in [0.2, 0.25) is 0 Å². The van der Waals surface area contributed by atoms with Gasteiger partial charge in [0.1, 0.15) is 0 Å².